The van der Waals surface area contributed by atoms with Gasteiger partial charge < -0.3 is 5.73 Å². The van der Waals surface area contributed by atoms with E-state index < -0.39 is 6.03 Å². The number of aromatic nitrogens is 2. The van der Waals surface area contributed by atoms with E-state index in [1.54, 1.807) is 25.2 Å². The van der Waals surface area contributed by atoms with Crippen molar-refractivity contribution < 1.29 is 9.18 Å². The van der Waals surface area contributed by atoms with Crippen LogP contribution in [0, 0.1) is 5.82 Å². The number of hydrogen-bond acceptors (Lipinski definition) is 2. The van der Waals surface area contributed by atoms with E-state index in [2.05, 4.69) is 10.4 Å². The predicted molar refractivity (Wildman–Crippen MR) is 61.8 cm³/mol. The molecule has 0 unspecified atom stereocenters. The van der Waals surface area contributed by atoms with Gasteiger partial charge in [-0.1, -0.05) is 0 Å². The van der Waals surface area contributed by atoms with Gasteiger partial charge in [-0.2, -0.15) is 5.10 Å². The lowest BCUT2D eigenvalue weighted by Gasteiger charge is -1.99. The van der Waals surface area contributed by atoms with Crippen LogP contribution in [0.3, 0.4) is 0 Å². The summed E-state index contributed by atoms with van der Waals surface area (Å²) in [4.78, 5) is 10.7. The second-order valence-corrected chi connectivity index (χ2v) is 3.53. The zero-order chi connectivity index (χ0) is 12.4. The Kier molecular flexibility index (Phi) is 2.78. The number of hydrogen-bond donors (Lipinski definition) is 2. The normalized spacial score (nSPS) is 10.2. The van der Waals surface area contributed by atoms with Crippen LogP contribution >= 0.6 is 0 Å². The summed E-state index contributed by atoms with van der Waals surface area (Å²) in [5, 5.41) is 6.63. The highest BCUT2D eigenvalue weighted by Crippen LogP contribution is 2.21. The number of nitrogens with zero attached hydrogens (tertiary/aromatic N) is 2. The first kappa shape index (κ1) is 11.1. The Labute approximate surface area is 97.0 Å². The zero-order valence-electron chi connectivity index (χ0n) is 9.14. The van der Waals surface area contributed by atoms with Crippen LogP contribution in [-0.4, -0.2) is 15.8 Å². The van der Waals surface area contributed by atoms with E-state index in [-0.39, 0.29) is 5.82 Å². The minimum Gasteiger partial charge on any atom is -0.351 e. The maximum absolute atomic E-state index is 12.8. The van der Waals surface area contributed by atoms with Gasteiger partial charge in [-0.05, 0) is 24.3 Å². The van der Waals surface area contributed by atoms with Crippen molar-refractivity contribution in [2.75, 3.05) is 5.32 Å². The summed E-state index contributed by atoms with van der Waals surface area (Å²) in [5.74, 6) is 0.178. The molecule has 0 aliphatic heterocycles. The second-order valence-electron chi connectivity index (χ2n) is 3.53. The molecule has 1 aromatic heterocycles. The molecular formula is C11H11FN4O. The fraction of sp³-hybridized carbons (Fsp3) is 0.0909. The van der Waals surface area contributed by atoms with E-state index in [4.69, 9.17) is 5.73 Å². The lowest BCUT2D eigenvalue weighted by molar-refractivity contribution is 0.259. The SMILES string of the molecule is Cn1nc(-c2ccc(F)cc2)cc1NC(N)=O. The Hall–Kier alpha value is -2.37. The number of carbonyl (C=O) groups excluding carboxylic acids is 1. The topological polar surface area (TPSA) is 72.9 Å². The van der Waals surface area contributed by atoms with Gasteiger partial charge in [0, 0.05) is 18.7 Å². The van der Waals surface area contributed by atoms with E-state index >= 15 is 0 Å². The summed E-state index contributed by atoms with van der Waals surface area (Å²) in [5.41, 5.74) is 6.42. The van der Waals surface area contributed by atoms with Gasteiger partial charge in [0.05, 0.1) is 5.69 Å². The highest BCUT2D eigenvalue weighted by molar-refractivity contribution is 5.87. The molecule has 3 N–H and O–H groups in total. The van der Waals surface area contributed by atoms with Gasteiger partial charge in [0.1, 0.15) is 11.6 Å². The number of aryl methyl sites for hydroxylation is 1. The summed E-state index contributed by atoms with van der Waals surface area (Å²) in [6.07, 6.45) is 0. The van der Waals surface area contributed by atoms with Gasteiger partial charge in [0.15, 0.2) is 0 Å². The van der Waals surface area contributed by atoms with Crippen LogP contribution in [0.4, 0.5) is 15.0 Å². The number of halogens is 1. The van der Waals surface area contributed by atoms with Crippen molar-refractivity contribution in [3.8, 4) is 11.3 Å². The molecule has 0 aliphatic carbocycles. The van der Waals surface area contributed by atoms with Crippen molar-refractivity contribution in [3.05, 3.63) is 36.1 Å². The smallest absolute Gasteiger partial charge is 0.317 e. The molecule has 17 heavy (non-hydrogen) atoms. The molecule has 0 saturated heterocycles. The van der Waals surface area contributed by atoms with Gasteiger partial charge in [-0.15, -0.1) is 0 Å². The maximum Gasteiger partial charge on any atom is 0.317 e. The Morgan fingerprint density at radius 2 is 2.06 bits per heavy atom. The molecule has 1 heterocycles. The molecule has 0 fully saturated rings. The van der Waals surface area contributed by atoms with Crippen LogP contribution in [0.25, 0.3) is 11.3 Å². The standard InChI is InChI=1S/C11H11FN4O/c1-16-10(14-11(13)17)6-9(15-16)7-2-4-8(12)5-3-7/h2-6H,1H3,(H3,13,14,17). The molecular weight excluding hydrogens is 223 g/mol. The Morgan fingerprint density at radius 1 is 1.41 bits per heavy atom. The first-order valence-electron chi connectivity index (χ1n) is 4.92. The van der Waals surface area contributed by atoms with Gasteiger partial charge in [0.2, 0.25) is 0 Å². The molecule has 2 rings (SSSR count). The second kappa shape index (κ2) is 4.25. The average Bonchev–Trinajstić information content (AvgIpc) is 2.60. The maximum atomic E-state index is 12.8. The van der Waals surface area contributed by atoms with Crippen molar-refractivity contribution in [2.24, 2.45) is 12.8 Å². The van der Waals surface area contributed by atoms with Crippen molar-refractivity contribution in [1.29, 1.82) is 0 Å². The number of amides is 2. The lowest BCUT2D eigenvalue weighted by atomic mass is 10.1. The molecule has 5 nitrogen and oxygen atoms in total. The molecule has 0 bridgehead atoms. The number of rotatable bonds is 2. The van der Waals surface area contributed by atoms with Crippen LogP contribution in [-0.2, 0) is 7.05 Å². The van der Waals surface area contributed by atoms with E-state index in [0.717, 1.165) is 5.56 Å². The van der Waals surface area contributed by atoms with Gasteiger partial charge >= 0.3 is 6.03 Å². The first-order valence-corrected chi connectivity index (χ1v) is 4.92. The zero-order valence-corrected chi connectivity index (χ0v) is 9.14. The third kappa shape index (κ3) is 2.41. The van der Waals surface area contributed by atoms with Gasteiger partial charge in [-0.3, -0.25) is 10.00 Å². The summed E-state index contributed by atoms with van der Waals surface area (Å²) in [6.45, 7) is 0. The van der Waals surface area contributed by atoms with E-state index in [1.165, 1.54) is 16.8 Å². The number of benzene rings is 1. The molecule has 0 atom stereocenters. The number of nitrogens with two attached hydrogens (primary N) is 1. The van der Waals surface area contributed by atoms with Crippen LogP contribution in [0.5, 0.6) is 0 Å². The molecule has 0 spiro atoms. The molecule has 0 radical (unpaired) electrons. The third-order valence-corrected chi connectivity index (χ3v) is 2.27. The fourth-order valence-corrected chi connectivity index (χ4v) is 1.47. The first-order chi connectivity index (χ1) is 8.06. The molecule has 88 valence electrons. The molecule has 1 aromatic carbocycles. The highest BCUT2D eigenvalue weighted by Gasteiger charge is 2.08. The van der Waals surface area contributed by atoms with Crippen molar-refractivity contribution >= 4 is 11.8 Å². The predicted octanol–water partition coefficient (Wildman–Crippen LogP) is 1.72. The van der Waals surface area contributed by atoms with Crippen LogP contribution in [0.15, 0.2) is 30.3 Å². The number of primary amides is 1. The summed E-state index contributed by atoms with van der Waals surface area (Å²) in [7, 11) is 1.68. The van der Waals surface area contributed by atoms with Crippen molar-refractivity contribution in [1.82, 2.24) is 9.78 Å². The summed E-state index contributed by atoms with van der Waals surface area (Å²) >= 11 is 0. The van der Waals surface area contributed by atoms with Gasteiger partial charge in [-0.25, -0.2) is 9.18 Å². The summed E-state index contributed by atoms with van der Waals surface area (Å²) in [6, 6.07) is 6.95. The lowest BCUT2D eigenvalue weighted by Crippen LogP contribution is -2.20. The molecule has 0 saturated carbocycles. The van der Waals surface area contributed by atoms with Crippen LogP contribution in [0.2, 0.25) is 0 Å². The molecule has 2 aromatic rings. The number of anilines is 1. The largest absolute Gasteiger partial charge is 0.351 e. The monoisotopic (exact) mass is 234 g/mol. The number of carbonyl (C=O) groups is 1. The van der Waals surface area contributed by atoms with Gasteiger partial charge in [0.25, 0.3) is 0 Å². The van der Waals surface area contributed by atoms with E-state index in [1.807, 2.05) is 0 Å². The Bertz CT molecular complexity index is 547. The van der Waals surface area contributed by atoms with Crippen molar-refractivity contribution in [3.63, 3.8) is 0 Å². The van der Waals surface area contributed by atoms with E-state index in [0.29, 0.717) is 11.5 Å². The minimum absolute atomic E-state index is 0.305. The molecule has 0 aliphatic rings. The van der Waals surface area contributed by atoms with Crippen LogP contribution < -0.4 is 11.1 Å². The van der Waals surface area contributed by atoms with E-state index in [9.17, 15) is 9.18 Å². The number of urea groups is 1. The quantitative estimate of drug-likeness (QED) is 0.830. The summed E-state index contributed by atoms with van der Waals surface area (Å²) < 4.78 is 14.2. The number of nitrogens with one attached hydrogen (secondary N) is 1. The fourth-order valence-electron chi connectivity index (χ4n) is 1.47. The average molecular weight is 234 g/mol. The molecule has 2 amide bonds. The van der Waals surface area contributed by atoms with Crippen LogP contribution in [0.1, 0.15) is 0 Å². The molecule has 6 heteroatoms. The Balaban J connectivity index is 2.34. The highest BCUT2D eigenvalue weighted by atomic mass is 19.1. The van der Waals surface area contributed by atoms with Crippen molar-refractivity contribution in [2.45, 2.75) is 0 Å². The minimum atomic E-state index is -0.654. The Morgan fingerprint density at radius 3 is 2.65 bits per heavy atom. The third-order valence-electron chi connectivity index (χ3n) is 2.27.